The van der Waals surface area contributed by atoms with Crippen molar-refractivity contribution < 1.29 is 24.1 Å². The molecule has 0 bridgehead atoms. The van der Waals surface area contributed by atoms with Gasteiger partial charge < -0.3 is 24.6 Å². The second-order valence-corrected chi connectivity index (χ2v) is 8.87. The maximum atomic E-state index is 12.8. The third-order valence-electron chi connectivity index (χ3n) is 6.94. The Morgan fingerprint density at radius 1 is 1.14 bits per heavy atom. The lowest BCUT2D eigenvalue weighted by Gasteiger charge is -2.34. The summed E-state index contributed by atoms with van der Waals surface area (Å²) >= 11 is 0. The topological polar surface area (TPSA) is 56.4 Å². The van der Waals surface area contributed by atoms with Gasteiger partial charge >= 0.3 is 0 Å². The van der Waals surface area contributed by atoms with Crippen LogP contribution in [-0.2, 0) is 11.3 Å². The minimum atomic E-state index is 0.0428. The predicted molar refractivity (Wildman–Crippen MR) is 107 cm³/mol. The molecule has 4 rings (SSSR count). The van der Waals surface area contributed by atoms with Crippen molar-refractivity contribution in [2.45, 2.75) is 58.2 Å². The normalized spacial score (nSPS) is 30.6. The van der Waals surface area contributed by atoms with Crippen LogP contribution in [0.1, 0.15) is 45.1 Å². The summed E-state index contributed by atoms with van der Waals surface area (Å²) in [6.07, 6.45) is 4.94. The van der Waals surface area contributed by atoms with Crippen LogP contribution in [0.2, 0.25) is 0 Å². The number of carbonyl (C=O) groups is 1. The van der Waals surface area contributed by atoms with E-state index in [9.17, 15) is 4.79 Å². The van der Waals surface area contributed by atoms with Gasteiger partial charge in [0.05, 0.1) is 0 Å². The molecule has 1 aromatic carbocycles. The summed E-state index contributed by atoms with van der Waals surface area (Å²) in [5.41, 5.74) is 1.29. The number of ether oxygens (including phenoxy) is 2. The summed E-state index contributed by atoms with van der Waals surface area (Å²) in [5.74, 6) is 2.57. The predicted octanol–water partition coefficient (Wildman–Crippen LogP) is -0.218. The second-order valence-electron chi connectivity index (χ2n) is 8.87. The van der Waals surface area contributed by atoms with E-state index < -0.39 is 0 Å². The first-order valence-electron chi connectivity index (χ1n) is 11.0. The fourth-order valence-corrected chi connectivity index (χ4v) is 4.90. The molecule has 3 N–H and O–H groups in total. The minimum absolute atomic E-state index is 0.0428. The Morgan fingerprint density at radius 3 is 2.68 bits per heavy atom. The van der Waals surface area contributed by atoms with Crippen molar-refractivity contribution in [1.29, 1.82) is 0 Å². The molecule has 2 heterocycles. The van der Waals surface area contributed by atoms with Crippen LogP contribution in [0, 0.1) is 5.92 Å². The summed E-state index contributed by atoms with van der Waals surface area (Å²) < 4.78 is 10.9. The van der Waals surface area contributed by atoms with Crippen molar-refractivity contribution in [3.05, 3.63) is 23.8 Å². The first kappa shape index (κ1) is 19.5. The van der Waals surface area contributed by atoms with Gasteiger partial charge in [-0.25, -0.2) is 0 Å². The number of hydrogen-bond acceptors (Lipinski definition) is 3. The van der Waals surface area contributed by atoms with Crippen LogP contribution in [-0.4, -0.2) is 51.0 Å². The molecule has 0 unspecified atom stereocenters. The van der Waals surface area contributed by atoms with Crippen molar-refractivity contribution in [2.24, 2.45) is 5.92 Å². The molecule has 1 aliphatic carbocycles. The van der Waals surface area contributed by atoms with E-state index in [2.05, 4.69) is 31.3 Å². The van der Waals surface area contributed by atoms with E-state index in [4.69, 9.17) is 9.47 Å². The van der Waals surface area contributed by atoms with Gasteiger partial charge in [0.1, 0.15) is 32.7 Å². The number of carbonyl (C=O) groups excluding carboxylic acids is 1. The molecule has 1 aromatic rings. The van der Waals surface area contributed by atoms with E-state index in [1.165, 1.54) is 29.7 Å². The lowest BCUT2D eigenvalue weighted by molar-refractivity contribution is -1.02. The Kier molecular flexibility index (Phi) is 6.07. The fourth-order valence-electron chi connectivity index (χ4n) is 4.90. The second kappa shape index (κ2) is 8.70. The van der Waals surface area contributed by atoms with Crippen LogP contribution < -0.4 is 24.6 Å². The lowest BCUT2D eigenvalue weighted by Crippen LogP contribution is -3.29. The average molecular weight is 390 g/mol. The van der Waals surface area contributed by atoms with Gasteiger partial charge in [-0.2, -0.15) is 0 Å². The van der Waals surface area contributed by atoms with Gasteiger partial charge in [-0.3, -0.25) is 4.79 Å². The molecule has 2 fully saturated rings. The monoisotopic (exact) mass is 389 g/mol. The van der Waals surface area contributed by atoms with Crippen LogP contribution >= 0.6 is 0 Å². The van der Waals surface area contributed by atoms with Gasteiger partial charge in [0, 0.05) is 11.6 Å². The molecule has 6 nitrogen and oxygen atoms in total. The molecule has 0 radical (unpaired) electrons. The van der Waals surface area contributed by atoms with E-state index in [0.717, 1.165) is 50.6 Å². The van der Waals surface area contributed by atoms with E-state index in [1.54, 1.807) is 4.90 Å². The number of amides is 1. The molecular formula is C22H35N3O3+2. The molecular weight excluding hydrogens is 354 g/mol. The summed E-state index contributed by atoms with van der Waals surface area (Å²) in [6.45, 7) is 10.0. The van der Waals surface area contributed by atoms with Crippen molar-refractivity contribution >= 4 is 5.91 Å². The Morgan fingerprint density at radius 2 is 1.89 bits per heavy atom. The number of fused-ring (bicyclic) bond motifs is 1. The van der Waals surface area contributed by atoms with Gasteiger partial charge in [0.25, 0.3) is 5.91 Å². The largest absolute Gasteiger partial charge is 0.454 e. The van der Waals surface area contributed by atoms with Crippen LogP contribution in [0.5, 0.6) is 11.5 Å². The average Bonchev–Trinajstić information content (AvgIpc) is 3.17. The zero-order chi connectivity index (χ0) is 19.5. The van der Waals surface area contributed by atoms with Crippen molar-refractivity contribution in [3.8, 4) is 11.5 Å². The molecule has 1 saturated carbocycles. The standard InChI is InChI=1S/C22H33N3O3/c1-16-5-3-4-6-19(16)23-22(26)17(2)25-11-9-24(10-12-25)14-18-7-8-20-21(13-18)28-15-27-20/h7-8,13,16-17,19H,3-6,9-12,14-15H2,1-2H3,(H,23,26)/p+2/t16-,17+,19+/m0/s1. The zero-order valence-corrected chi connectivity index (χ0v) is 17.3. The summed E-state index contributed by atoms with van der Waals surface area (Å²) in [6, 6.07) is 6.68. The highest BCUT2D eigenvalue weighted by molar-refractivity contribution is 5.80. The van der Waals surface area contributed by atoms with Gasteiger partial charge in [-0.15, -0.1) is 0 Å². The summed E-state index contributed by atoms with van der Waals surface area (Å²) in [4.78, 5) is 15.8. The van der Waals surface area contributed by atoms with Gasteiger partial charge in [-0.1, -0.05) is 19.8 Å². The van der Waals surface area contributed by atoms with Crippen LogP contribution in [0.4, 0.5) is 0 Å². The summed E-state index contributed by atoms with van der Waals surface area (Å²) in [7, 11) is 0. The highest BCUT2D eigenvalue weighted by atomic mass is 16.7. The first-order valence-corrected chi connectivity index (χ1v) is 11.0. The molecule has 0 spiro atoms. The van der Waals surface area contributed by atoms with E-state index in [1.807, 2.05) is 6.07 Å². The molecule has 28 heavy (non-hydrogen) atoms. The van der Waals surface area contributed by atoms with Gasteiger partial charge in [0.2, 0.25) is 6.79 Å². The Hall–Kier alpha value is -1.79. The lowest BCUT2D eigenvalue weighted by atomic mass is 9.86. The highest BCUT2D eigenvalue weighted by Gasteiger charge is 2.33. The van der Waals surface area contributed by atoms with Crippen LogP contribution in [0.3, 0.4) is 0 Å². The van der Waals surface area contributed by atoms with Gasteiger partial charge in [-0.05, 0) is 43.9 Å². The molecule has 6 heteroatoms. The molecule has 1 saturated heterocycles. The number of nitrogens with one attached hydrogen (secondary N) is 3. The quantitative estimate of drug-likeness (QED) is 0.653. The molecule has 154 valence electrons. The number of hydrogen-bond donors (Lipinski definition) is 3. The number of piperazine rings is 1. The zero-order valence-electron chi connectivity index (χ0n) is 17.3. The maximum Gasteiger partial charge on any atom is 0.278 e. The van der Waals surface area contributed by atoms with Crippen molar-refractivity contribution in [1.82, 2.24) is 5.32 Å². The van der Waals surface area contributed by atoms with Crippen molar-refractivity contribution in [3.63, 3.8) is 0 Å². The Bertz CT molecular complexity index is 688. The minimum Gasteiger partial charge on any atom is -0.454 e. The van der Waals surface area contributed by atoms with Crippen LogP contribution in [0.15, 0.2) is 18.2 Å². The number of quaternary nitrogens is 2. The third-order valence-corrected chi connectivity index (χ3v) is 6.94. The number of rotatable bonds is 5. The van der Waals surface area contributed by atoms with Crippen molar-refractivity contribution in [2.75, 3.05) is 33.0 Å². The third kappa shape index (κ3) is 4.44. The van der Waals surface area contributed by atoms with E-state index >= 15 is 0 Å². The smallest absolute Gasteiger partial charge is 0.278 e. The maximum absolute atomic E-state index is 12.8. The van der Waals surface area contributed by atoms with E-state index in [-0.39, 0.29) is 11.9 Å². The van der Waals surface area contributed by atoms with E-state index in [0.29, 0.717) is 18.8 Å². The molecule has 3 atom stereocenters. The molecule has 2 aliphatic heterocycles. The molecule has 1 amide bonds. The molecule has 0 aromatic heterocycles. The SMILES string of the molecule is C[C@H](C(=O)N[C@@H]1CCCC[C@@H]1C)[NH+]1CC[NH+](Cc2ccc3c(c2)OCO3)CC1. The Balaban J connectivity index is 1.24. The number of benzene rings is 1. The Labute approximate surface area is 168 Å². The highest BCUT2D eigenvalue weighted by Crippen LogP contribution is 2.32. The molecule has 3 aliphatic rings. The van der Waals surface area contributed by atoms with Gasteiger partial charge in [0.15, 0.2) is 17.5 Å². The first-order chi connectivity index (χ1) is 13.6. The fraction of sp³-hybridized carbons (Fsp3) is 0.682. The van der Waals surface area contributed by atoms with Crippen LogP contribution in [0.25, 0.3) is 0 Å². The summed E-state index contributed by atoms with van der Waals surface area (Å²) in [5, 5.41) is 3.35.